The number of fused-ring (bicyclic) bond motifs is 3. The molecule has 0 bridgehead atoms. The zero-order valence-electron chi connectivity index (χ0n) is 14.9. The molecule has 1 aliphatic rings. The molecule has 25 heavy (non-hydrogen) atoms. The number of allylic oxidation sites excluding steroid dienone is 1. The van der Waals surface area contributed by atoms with Gasteiger partial charge < -0.3 is 9.47 Å². The van der Waals surface area contributed by atoms with Gasteiger partial charge in [0, 0.05) is 48.7 Å². The van der Waals surface area contributed by atoms with Crippen molar-refractivity contribution in [2.45, 2.75) is 26.8 Å². The van der Waals surface area contributed by atoms with Crippen molar-refractivity contribution in [3.8, 4) is 0 Å². The number of likely N-dealkylation sites (N-methyl/N-ethyl adjacent to an activating group) is 1. The Morgan fingerprint density at radius 3 is 2.84 bits per heavy atom. The Morgan fingerprint density at radius 1 is 1.24 bits per heavy atom. The van der Waals surface area contributed by atoms with Gasteiger partial charge in [-0.1, -0.05) is 6.07 Å². The first-order chi connectivity index (χ1) is 12.0. The van der Waals surface area contributed by atoms with Crippen molar-refractivity contribution in [1.82, 2.24) is 14.5 Å². The minimum atomic E-state index is -0.194. The Bertz CT molecular complexity index is 967. The first kappa shape index (κ1) is 16.0. The fraction of sp³-hybridized carbons (Fsp3) is 0.286. The molecule has 0 saturated heterocycles. The fourth-order valence-electron chi connectivity index (χ4n) is 3.62. The molecule has 128 valence electrons. The molecular weight excluding hydrogens is 313 g/mol. The predicted molar refractivity (Wildman–Crippen MR) is 101 cm³/mol. The van der Waals surface area contributed by atoms with E-state index < -0.39 is 0 Å². The lowest BCUT2D eigenvalue weighted by atomic mass is 10.1. The van der Waals surface area contributed by atoms with E-state index in [-0.39, 0.29) is 5.82 Å². The lowest BCUT2D eigenvalue weighted by Gasteiger charge is -2.23. The lowest BCUT2D eigenvalue weighted by molar-refractivity contribution is 0.312. The summed E-state index contributed by atoms with van der Waals surface area (Å²) in [6.07, 6.45) is 4.99. The maximum Gasteiger partial charge on any atom is 0.125 e. The molecular formula is C21H22FN3. The van der Waals surface area contributed by atoms with E-state index in [2.05, 4.69) is 40.7 Å². The van der Waals surface area contributed by atoms with E-state index in [0.717, 1.165) is 47.2 Å². The molecule has 2 aromatic heterocycles. The maximum atomic E-state index is 13.9. The summed E-state index contributed by atoms with van der Waals surface area (Å²) in [7, 11) is 2.13. The number of halogens is 1. The normalized spacial score (nSPS) is 15.6. The van der Waals surface area contributed by atoms with E-state index >= 15 is 0 Å². The number of benzene rings is 1. The van der Waals surface area contributed by atoms with E-state index in [1.807, 2.05) is 25.3 Å². The third-order valence-electron chi connectivity index (χ3n) is 5.03. The molecule has 1 aromatic carbocycles. The van der Waals surface area contributed by atoms with Crippen molar-refractivity contribution in [3.63, 3.8) is 0 Å². The molecule has 0 aliphatic carbocycles. The predicted octanol–water partition coefficient (Wildman–Crippen LogP) is 4.49. The molecule has 0 amide bonds. The summed E-state index contributed by atoms with van der Waals surface area (Å²) in [5, 5.41) is 1.15. The van der Waals surface area contributed by atoms with Crippen molar-refractivity contribution < 1.29 is 4.39 Å². The van der Waals surface area contributed by atoms with Crippen LogP contribution in [0.5, 0.6) is 0 Å². The summed E-state index contributed by atoms with van der Waals surface area (Å²) in [6.45, 7) is 5.99. The molecule has 3 aromatic rings. The highest BCUT2D eigenvalue weighted by atomic mass is 19.1. The minimum Gasteiger partial charge on any atom is -0.320 e. The summed E-state index contributed by atoms with van der Waals surface area (Å²) < 4.78 is 16.1. The molecule has 0 saturated carbocycles. The molecule has 0 N–H and O–H groups in total. The highest BCUT2D eigenvalue weighted by Gasteiger charge is 2.22. The van der Waals surface area contributed by atoms with E-state index in [4.69, 9.17) is 0 Å². The smallest absolute Gasteiger partial charge is 0.125 e. The van der Waals surface area contributed by atoms with Gasteiger partial charge in [-0.2, -0.15) is 0 Å². The van der Waals surface area contributed by atoms with Crippen LogP contribution < -0.4 is 0 Å². The van der Waals surface area contributed by atoms with Crippen LogP contribution in [0.2, 0.25) is 0 Å². The average Bonchev–Trinajstić information content (AvgIpc) is 2.88. The van der Waals surface area contributed by atoms with Crippen molar-refractivity contribution in [3.05, 3.63) is 64.9 Å². The van der Waals surface area contributed by atoms with Crippen LogP contribution in [0.25, 0.3) is 22.7 Å². The van der Waals surface area contributed by atoms with Gasteiger partial charge in [0.25, 0.3) is 0 Å². The number of hydrogen-bond acceptors (Lipinski definition) is 2. The van der Waals surface area contributed by atoms with Crippen molar-refractivity contribution in [2.24, 2.45) is 0 Å². The van der Waals surface area contributed by atoms with Crippen LogP contribution >= 0.6 is 0 Å². The molecule has 3 nitrogen and oxygen atoms in total. The van der Waals surface area contributed by atoms with Crippen LogP contribution in [0, 0.1) is 12.7 Å². The number of pyridine rings is 1. The molecule has 0 radical (unpaired) electrons. The van der Waals surface area contributed by atoms with Crippen LogP contribution in [0.15, 0.2) is 36.5 Å². The first-order valence-electron chi connectivity index (χ1n) is 8.64. The molecule has 0 unspecified atom stereocenters. The van der Waals surface area contributed by atoms with Gasteiger partial charge in [-0.3, -0.25) is 4.98 Å². The molecule has 4 rings (SSSR count). The summed E-state index contributed by atoms with van der Waals surface area (Å²) >= 11 is 0. The fourth-order valence-corrected chi connectivity index (χ4v) is 3.62. The quantitative estimate of drug-likeness (QED) is 0.688. The summed E-state index contributed by atoms with van der Waals surface area (Å²) in [4.78, 5) is 6.70. The number of aromatic nitrogens is 2. The Kier molecular flexibility index (Phi) is 3.92. The van der Waals surface area contributed by atoms with Crippen molar-refractivity contribution >= 4 is 22.7 Å². The third kappa shape index (κ3) is 2.87. The molecule has 3 heterocycles. The van der Waals surface area contributed by atoms with Gasteiger partial charge >= 0.3 is 0 Å². The number of nitrogens with zero attached hydrogens (tertiary/aromatic N) is 3. The molecule has 4 heteroatoms. The van der Waals surface area contributed by atoms with Gasteiger partial charge in [0.1, 0.15) is 5.82 Å². The van der Waals surface area contributed by atoms with E-state index in [0.29, 0.717) is 0 Å². The van der Waals surface area contributed by atoms with Crippen LogP contribution in [-0.4, -0.2) is 28.0 Å². The van der Waals surface area contributed by atoms with Crippen molar-refractivity contribution in [2.75, 3.05) is 13.6 Å². The summed E-state index contributed by atoms with van der Waals surface area (Å²) in [6, 6.07) is 9.22. The number of aryl methyl sites for hydroxylation is 1. The summed E-state index contributed by atoms with van der Waals surface area (Å²) in [5.41, 5.74) is 6.76. The van der Waals surface area contributed by atoms with Crippen LogP contribution in [0.3, 0.4) is 0 Å². The molecule has 0 fully saturated rings. The van der Waals surface area contributed by atoms with Crippen LogP contribution in [0.1, 0.15) is 29.4 Å². The maximum absolute atomic E-state index is 13.9. The second-order valence-corrected chi connectivity index (χ2v) is 6.94. The SMILES string of the molecule is C/C(=C/n1c2c(c3ccc(F)cc31)CN(C)CC2)c1ccc(C)nc1. The van der Waals surface area contributed by atoms with Gasteiger partial charge in [-0.25, -0.2) is 4.39 Å². The van der Waals surface area contributed by atoms with Gasteiger partial charge in [-0.15, -0.1) is 0 Å². The molecule has 0 spiro atoms. The zero-order chi connectivity index (χ0) is 17.6. The van der Waals surface area contributed by atoms with Gasteiger partial charge in [0.2, 0.25) is 0 Å². The van der Waals surface area contributed by atoms with Gasteiger partial charge in [0.05, 0.1) is 5.52 Å². The van der Waals surface area contributed by atoms with Gasteiger partial charge in [0.15, 0.2) is 0 Å². The topological polar surface area (TPSA) is 21.1 Å². The first-order valence-corrected chi connectivity index (χ1v) is 8.64. The largest absolute Gasteiger partial charge is 0.320 e. The van der Waals surface area contributed by atoms with Crippen molar-refractivity contribution in [1.29, 1.82) is 0 Å². The zero-order valence-corrected chi connectivity index (χ0v) is 14.9. The Hall–Kier alpha value is -2.46. The second-order valence-electron chi connectivity index (χ2n) is 6.94. The van der Waals surface area contributed by atoms with Gasteiger partial charge in [-0.05, 0) is 61.9 Å². The average molecular weight is 335 g/mol. The van der Waals surface area contributed by atoms with E-state index in [1.54, 1.807) is 12.1 Å². The summed E-state index contributed by atoms with van der Waals surface area (Å²) in [5.74, 6) is -0.194. The standard InChI is InChI=1S/C21H22FN3/c1-14(16-5-4-15(2)23-11-16)12-25-20-8-9-24(3)13-19(20)18-7-6-17(22)10-21(18)25/h4-7,10-12H,8-9,13H2,1-3H3/b14-12-. The van der Waals surface area contributed by atoms with E-state index in [9.17, 15) is 4.39 Å². The van der Waals surface area contributed by atoms with Crippen LogP contribution in [0.4, 0.5) is 4.39 Å². The lowest BCUT2D eigenvalue weighted by Crippen LogP contribution is -2.26. The third-order valence-corrected chi connectivity index (χ3v) is 5.03. The number of hydrogen-bond donors (Lipinski definition) is 0. The Morgan fingerprint density at radius 2 is 2.08 bits per heavy atom. The highest BCUT2D eigenvalue weighted by Crippen LogP contribution is 2.32. The van der Waals surface area contributed by atoms with Crippen LogP contribution in [-0.2, 0) is 13.0 Å². The number of rotatable bonds is 2. The Balaban J connectivity index is 1.90. The van der Waals surface area contributed by atoms with E-state index in [1.165, 1.54) is 11.3 Å². The minimum absolute atomic E-state index is 0.194. The molecule has 0 atom stereocenters. The highest BCUT2D eigenvalue weighted by molar-refractivity contribution is 5.90. The molecule has 1 aliphatic heterocycles. The monoisotopic (exact) mass is 335 g/mol. The second kappa shape index (κ2) is 6.12. The Labute approximate surface area is 147 Å².